The predicted octanol–water partition coefficient (Wildman–Crippen LogP) is 3.04. The molecule has 0 saturated carbocycles. The van der Waals surface area contributed by atoms with Crippen LogP contribution >= 0.6 is 0 Å². The van der Waals surface area contributed by atoms with E-state index in [-0.39, 0.29) is 0 Å². The van der Waals surface area contributed by atoms with E-state index in [9.17, 15) is 0 Å². The maximum Gasteiger partial charge on any atom is 0.119 e. The number of para-hydroxylation sites is 1. The van der Waals surface area contributed by atoms with Crippen LogP contribution in [0.5, 0.6) is 5.75 Å². The summed E-state index contributed by atoms with van der Waals surface area (Å²) in [5, 5.41) is 0. The van der Waals surface area contributed by atoms with Gasteiger partial charge in [0.1, 0.15) is 5.75 Å². The standard InChI is InChI=1S/C18H28N2O/c1-2-11-19-13-15-20(16-14-19)12-7-4-8-17-21-18-9-5-3-6-10-18/h2-3,5-6,9-10H,1,4,7-8,11-17H2. The largest absolute Gasteiger partial charge is 0.494 e. The Hall–Kier alpha value is -1.32. The molecule has 0 amide bonds. The first-order valence-corrected chi connectivity index (χ1v) is 8.12. The first kappa shape index (κ1) is 16.1. The molecule has 1 aliphatic rings. The molecule has 0 atom stereocenters. The second kappa shape index (κ2) is 9.59. The van der Waals surface area contributed by atoms with Crippen LogP contribution in [0.15, 0.2) is 43.0 Å². The number of hydrogen-bond donors (Lipinski definition) is 0. The molecule has 3 heteroatoms. The molecule has 0 radical (unpaired) electrons. The molecule has 0 bridgehead atoms. The summed E-state index contributed by atoms with van der Waals surface area (Å²) in [5.41, 5.74) is 0. The van der Waals surface area contributed by atoms with Crippen molar-refractivity contribution in [2.45, 2.75) is 19.3 Å². The molecule has 0 N–H and O–H groups in total. The van der Waals surface area contributed by atoms with Gasteiger partial charge in [-0.15, -0.1) is 6.58 Å². The number of benzene rings is 1. The van der Waals surface area contributed by atoms with Crippen molar-refractivity contribution in [1.29, 1.82) is 0 Å². The number of piperazine rings is 1. The molecular formula is C18H28N2O. The van der Waals surface area contributed by atoms with Gasteiger partial charge in [0.15, 0.2) is 0 Å². The van der Waals surface area contributed by atoms with Crippen LogP contribution in [-0.2, 0) is 0 Å². The molecule has 1 fully saturated rings. The van der Waals surface area contributed by atoms with E-state index in [1.54, 1.807) is 0 Å². The summed E-state index contributed by atoms with van der Waals surface area (Å²) < 4.78 is 5.71. The van der Waals surface area contributed by atoms with Crippen LogP contribution in [0.1, 0.15) is 19.3 Å². The Morgan fingerprint density at radius 3 is 2.38 bits per heavy atom. The zero-order chi connectivity index (χ0) is 14.8. The highest BCUT2D eigenvalue weighted by Crippen LogP contribution is 2.10. The van der Waals surface area contributed by atoms with Crippen molar-refractivity contribution < 1.29 is 4.74 Å². The lowest BCUT2D eigenvalue weighted by molar-refractivity contribution is 0.140. The van der Waals surface area contributed by atoms with E-state index in [1.807, 2.05) is 36.4 Å². The van der Waals surface area contributed by atoms with Gasteiger partial charge < -0.3 is 9.64 Å². The molecule has 1 aromatic carbocycles. The second-order valence-corrected chi connectivity index (χ2v) is 5.65. The van der Waals surface area contributed by atoms with E-state index in [1.165, 1.54) is 45.6 Å². The lowest BCUT2D eigenvalue weighted by Crippen LogP contribution is -2.46. The fraction of sp³-hybridized carbons (Fsp3) is 0.556. The maximum atomic E-state index is 5.71. The summed E-state index contributed by atoms with van der Waals surface area (Å²) in [6, 6.07) is 10.1. The van der Waals surface area contributed by atoms with Gasteiger partial charge in [0, 0.05) is 32.7 Å². The lowest BCUT2D eigenvalue weighted by atomic mass is 10.2. The van der Waals surface area contributed by atoms with Crippen molar-refractivity contribution in [3.8, 4) is 5.75 Å². The molecule has 1 saturated heterocycles. The van der Waals surface area contributed by atoms with E-state index in [2.05, 4.69) is 16.4 Å². The predicted molar refractivity (Wildman–Crippen MR) is 88.9 cm³/mol. The Kier molecular flexibility index (Phi) is 7.33. The Morgan fingerprint density at radius 2 is 1.67 bits per heavy atom. The molecule has 21 heavy (non-hydrogen) atoms. The molecule has 1 aromatic rings. The Morgan fingerprint density at radius 1 is 0.952 bits per heavy atom. The van der Waals surface area contributed by atoms with Gasteiger partial charge in [0.25, 0.3) is 0 Å². The number of rotatable bonds is 9. The molecule has 0 aromatic heterocycles. The molecular weight excluding hydrogens is 260 g/mol. The summed E-state index contributed by atoms with van der Waals surface area (Å²) in [6.45, 7) is 11.7. The van der Waals surface area contributed by atoms with Crippen LogP contribution in [0.4, 0.5) is 0 Å². The average molecular weight is 288 g/mol. The highest BCUT2D eigenvalue weighted by atomic mass is 16.5. The number of nitrogens with zero attached hydrogens (tertiary/aromatic N) is 2. The van der Waals surface area contributed by atoms with Crippen molar-refractivity contribution in [2.75, 3.05) is 45.9 Å². The Labute approximate surface area is 129 Å². The van der Waals surface area contributed by atoms with Crippen molar-refractivity contribution >= 4 is 0 Å². The normalized spacial score (nSPS) is 16.8. The topological polar surface area (TPSA) is 15.7 Å². The van der Waals surface area contributed by atoms with Gasteiger partial charge in [0.2, 0.25) is 0 Å². The van der Waals surface area contributed by atoms with E-state index < -0.39 is 0 Å². The number of ether oxygens (including phenoxy) is 1. The minimum atomic E-state index is 0.830. The van der Waals surface area contributed by atoms with E-state index in [0.717, 1.165) is 25.3 Å². The van der Waals surface area contributed by atoms with Crippen molar-refractivity contribution in [1.82, 2.24) is 9.80 Å². The molecule has 0 aliphatic carbocycles. The van der Waals surface area contributed by atoms with E-state index in [4.69, 9.17) is 4.74 Å². The van der Waals surface area contributed by atoms with Gasteiger partial charge >= 0.3 is 0 Å². The Bertz CT molecular complexity index is 385. The smallest absolute Gasteiger partial charge is 0.119 e. The third-order valence-electron chi connectivity index (χ3n) is 3.98. The van der Waals surface area contributed by atoms with Crippen LogP contribution in [0.3, 0.4) is 0 Å². The molecule has 0 spiro atoms. The van der Waals surface area contributed by atoms with Crippen molar-refractivity contribution in [3.63, 3.8) is 0 Å². The molecule has 1 aliphatic heterocycles. The van der Waals surface area contributed by atoms with Crippen LogP contribution in [0.2, 0.25) is 0 Å². The maximum absolute atomic E-state index is 5.71. The first-order chi connectivity index (χ1) is 10.4. The summed E-state index contributed by atoms with van der Waals surface area (Å²) in [5.74, 6) is 0.982. The minimum absolute atomic E-state index is 0.830. The highest BCUT2D eigenvalue weighted by molar-refractivity contribution is 5.20. The van der Waals surface area contributed by atoms with E-state index >= 15 is 0 Å². The molecule has 116 valence electrons. The van der Waals surface area contributed by atoms with Gasteiger partial charge in [-0.3, -0.25) is 4.90 Å². The van der Waals surface area contributed by atoms with Crippen molar-refractivity contribution in [2.24, 2.45) is 0 Å². The van der Waals surface area contributed by atoms with Gasteiger partial charge in [-0.1, -0.05) is 24.3 Å². The monoisotopic (exact) mass is 288 g/mol. The van der Waals surface area contributed by atoms with Gasteiger partial charge in [0.05, 0.1) is 6.61 Å². The lowest BCUT2D eigenvalue weighted by Gasteiger charge is -2.34. The second-order valence-electron chi connectivity index (χ2n) is 5.65. The fourth-order valence-corrected chi connectivity index (χ4v) is 2.70. The fourth-order valence-electron chi connectivity index (χ4n) is 2.70. The van der Waals surface area contributed by atoms with Crippen LogP contribution in [0, 0.1) is 0 Å². The SMILES string of the molecule is C=CCN1CCN(CCCCCOc2ccccc2)CC1. The highest BCUT2D eigenvalue weighted by Gasteiger charge is 2.14. The van der Waals surface area contributed by atoms with Crippen LogP contribution in [0.25, 0.3) is 0 Å². The molecule has 0 unspecified atom stereocenters. The quantitative estimate of drug-likeness (QED) is 0.513. The average Bonchev–Trinajstić information content (AvgIpc) is 2.53. The Balaban J connectivity index is 1.46. The molecule has 1 heterocycles. The van der Waals surface area contributed by atoms with Gasteiger partial charge in [-0.05, 0) is 37.9 Å². The van der Waals surface area contributed by atoms with Gasteiger partial charge in [-0.2, -0.15) is 0 Å². The van der Waals surface area contributed by atoms with Crippen LogP contribution in [-0.4, -0.2) is 55.7 Å². The van der Waals surface area contributed by atoms with E-state index in [0.29, 0.717) is 0 Å². The summed E-state index contributed by atoms with van der Waals surface area (Å²) in [7, 11) is 0. The summed E-state index contributed by atoms with van der Waals surface area (Å²) in [6.07, 6.45) is 5.67. The number of hydrogen-bond acceptors (Lipinski definition) is 3. The van der Waals surface area contributed by atoms with Crippen molar-refractivity contribution in [3.05, 3.63) is 43.0 Å². The summed E-state index contributed by atoms with van der Waals surface area (Å²) >= 11 is 0. The third kappa shape index (κ3) is 6.32. The van der Waals surface area contributed by atoms with Gasteiger partial charge in [-0.25, -0.2) is 0 Å². The number of unbranched alkanes of at least 4 members (excludes halogenated alkanes) is 2. The first-order valence-electron chi connectivity index (χ1n) is 8.12. The van der Waals surface area contributed by atoms with Crippen LogP contribution < -0.4 is 4.74 Å². The zero-order valence-corrected chi connectivity index (χ0v) is 13.0. The molecule has 3 nitrogen and oxygen atoms in total. The zero-order valence-electron chi connectivity index (χ0n) is 13.0. The third-order valence-corrected chi connectivity index (χ3v) is 3.98. The minimum Gasteiger partial charge on any atom is -0.494 e. The summed E-state index contributed by atoms with van der Waals surface area (Å²) in [4.78, 5) is 5.05. The molecule has 2 rings (SSSR count).